The Balaban J connectivity index is 1.54. The molecule has 3 nitrogen and oxygen atoms in total. The summed E-state index contributed by atoms with van der Waals surface area (Å²) in [6.07, 6.45) is 8.25. The third-order valence-electron chi connectivity index (χ3n) is 3.90. The van der Waals surface area contributed by atoms with E-state index in [0.29, 0.717) is 6.10 Å². The van der Waals surface area contributed by atoms with Crippen LogP contribution in [0.15, 0.2) is 5.38 Å². The smallest absolute Gasteiger partial charge is 0.0982 e. The molecule has 1 aliphatic rings. The maximum Gasteiger partial charge on any atom is 0.0982 e. The quantitative estimate of drug-likeness (QED) is 0.764. The molecule has 0 radical (unpaired) electrons. The van der Waals surface area contributed by atoms with E-state index >= 15 is 0 Å². The predicted molar refractivity (Wildman–Crippen MR) is 90.0 cm³/mol. The molecule has 2 rings (SSSR count). The molecule has 1 aromatic rings. The van der Waals surface area contributed by atoms with Crippen LogP contribution in [0.4, 0.5) is 0 Å². The van der Waals surface area contributed by atoms with Crippen LogP contribution in [0.3, 0.4) is 0 Å². The van der Waals surface area contributed by atoms with E-state index < -0.39 is 0 Å². The third kappa shape index (κ3) is 6.05. The summed E-state index contributed by atoms with van der Waals surface area (Å²) in [5.41, 5.74) is 1.33. The zero-order valence-corrected chi connectivity index (χ0v) is 14.6. The molecule has 0 aliphatic heterocycles. The van der Waals surface area contributed by atoms with Crippen molar-refractivity contribution in [1.29, 1.82) is 0 Å². The SMILES string of the molecule is CC(C)(C)c1nc(CNCCCOC2CCCCC2)cs1. The molecule has 1 saturated carbocycles. The Bertz CT molecular complexity index is 405. The van der Waals surface area contributed by atoms with Crippen molar-refractivity contribution >= 4 is 11.3 Å². The molecule has 0 spiro atoms. The van der Waals surface area contributed by atoms with Gasteiger partial charge in [0, 0.05) is 23.9 Å². The van der Waals surface area contributed by atoms with Crippen molar-refractivity contribution in [3.05, 3.63) is 16.1 Å². The van der Waals surface area contributed by atoms with E-state index in [2.05, 4.69) is 31.5 Å². The maximum atomic E-state index is 5.93. The number of ether oxygens (including phenoxy) is 1. The van der Waals surface area contributed by atoms with E-state index in [-0.39, 0.29) is 5.41 Å². The number of rotatable bonds is 7. The minimum absolute atomic E-state index is 0.163. The molecule has 1 aromatic heterocycles. The Morgan fingerprint density at radius 2 is 2.05 bits per heavy atom. The van der Waals surface area contributed by atoms with E-state index in [4.69, 9.17) is 9.72 Å². The standard InChI is InChI=1S/C17H30N2OS/c1-17(2,3)16-19-14(13-21-16)12-18-10-7-11-20-15-8-5-4-6-9-15/h13,15,18H,4-12H2,1-3H3. The molecule has 1 aliphatic carbocycles. The molecular weight excluding hydrogens is 280 g/mol. The highest BCUT2D eigenvalue weighted by Gasteiger charge is 2.17. The topological polar surface area (TPSA) is 34.2 Å². The van der Waals surface area contributed by atoms with Crippen LogP contribution in [-0.4, -0.2) is 24.2 Å². The molecule has 1 heterocycles. The van der Waals surface area contributed by atoms with Gasteiger partial charge < -0.3 is 10.1 Å². The van der Waals surface area contributed by atoms with Crippen LogP contribution in [0.2, 0.25) is 0 Å². The average molecular weight is 311 g/mol. The summed E-state index contributed by atoms with van der Waals surface area (Å²) in [7, 11) is 0. The Morgan fingerprint density at radius 3 is 2.71 bits per heavy atom. The van der Waals surface area contributed by atoms with Gasteiger partial charge in [0.15, 0.2) is 0 Å². The van der Waals surface area contributed by atoms with Crippen molar-refractivity contribution in [2.75, 3.05) is 13.2 Å². The van der Waals surface area contributed by atoms with Crippen LogP contribution < -0.4 is 5.32 Å². The van der Waals surface area contributed by atoms with E-state index in [1.807, 2.05) is 0 Å². The fourth-order valence-corrected chi connectivity index (χ4v) is 3.54. The van der Waals surface area contributed by atoms with E-state index in [0.717, 1.165) is 31.8 Å². The number of aromatic nitrogens is 1. The highest BCUT2D eigenvalue weighted by atomic mass is 32.1. The highest BCUT2D eigenvalue weighted by molar-refractivity contribution is 7.09. The number of hydrogen-bond acceptors (Lipinski definition) is 4. The second-order valence-corrected chi connectivity index (χ2v) is 7.91. The molecule has 0 saturated heterocycles. The van der Waals surface area contributed by atoms with Gasteiger partial charge >= 0.3 is 0 Å². The second kappa shape index (κ2) is 8.25. The molecule has 1 N–H and O–H groups in total. The lowest BCUT2D eigenvalue weighted by molar-refractivity contribution is 0.0273. The van der Waals surface area contributed by atoms with Crippen LogP contribution in [0.25, 0.3) is 0 Å². The van der Waals surface area contributed by atoms with Crippen molar-refractivity contribution in [3.63, 3.8) is 0 Å². The minimum Gasteiger partial charge on any atom is -0.378 e. The molecule has 120 valence electrons. The van der Waals surface area contributed by atoms with Gasteiger partial charge in [-0.3, -0.25) is 0 Å². The van der Waals surface area contributed by atoms with Crippen LogP contribution in [0, 0.1) is 0 Å². The summed E-state index contributed by atoms with van der Waals surface area (Å²) in [4.78, 5) is 4.70. The predicted octanol–water partition coefficient (Wildman–Crippen LogP) is 4.27. The highest BCUT2D eigenvalue weighted by Crippen LogP contribution is 2.25. The maximum absolute atomic E-state index is 5.93. The minimum atomic E-state index is 0.163. The monoisotopic (exact) mass is 310 g/mol. The van der Waals surface area contributed by atoms with Gasteiger partial charge in [0.25, 0.3) is 0 Å². The summed E-state index contributed by atoms with van der Waals surface area (Å²) < 4.78 is 5.93. The second-order valence-electron chi connectivity index (χ2n) is 7.06. The van der Waals surface area contributed by atoms with Gasteiger partial charge in [0.1, 0.15) is 0 Å². The van der Waals surface area contributed by atoms with Crippen LogP contribution >= 0.6 is 11.3 Å². The molecule has 21 heavy (non-hydrogen) atoms. The number of nitrogens with one attached hydrogen (secondary N) is 1. The first-order valence-corrected chi connectivity index (χ1v) is 9.21. The zero-order valence-electron chi connectivity index (χ0n) is 13.8. The molecular formula is C17H30N2OS. The van der Waals surface area contributed by atoms with Gasteiger partial charge in [-0.25, -0.2) is 4.98 Å². The number of nitrogens with zero attached hydrogens (tertiary/aromatic N) is 1. The lowest BCUT2D eigenvalue weighted by Crippen LogP contribution is -2.21. The zero-order chi connectivity index (χ0) is 15.1. The van der Waals surface area contributed by atoms with Crippen molar-refractivity contribution in [2.24, 2.45) is 0 Å². The summed E-state index contributed by atoms with van der Waals surface area (Å²) in [5, 5.41) is 6.86. The van der Waals surface area contributed by atoms with Crippen molar-refractivity contribution in [2.45, 2.75) is 77.4 Å². The Hall–Kier alpha value is -0.450. The lowest BCUT2D eigenvalue weighted by Gasteiger charge is -2.21. The first-order valence-electron chi connectivity index (χ1n) is 8.33. The van der Waals surface area contributed by atoms with Gasteiger partial charge in [-0.2, -0.15) is 0 Å². The summed E-state index contributed by atoms with van der Waals surface area (Å²) >= 11 is 1.77. The van der Waals surface area contributed by atoms with E-state index in [9.17, 15) is 0 Å². The van der Waals surface area contributed by atoms with Crippen molar-refractivity contribution in [1.82, 2.24) is 10.3 Å². The molecule has 0 unspecified atom stereocenters. The molecule has 4 heteroatoms. The number of thiazole rings is 1. The molecule has 0 bridgehead atoms. The average Bonchev–Trinajstić information content (AvgIpc) is 2.93. The summed E-state index contributed by atoms with van der Waals surface area (Å²) in [6, 6.07) is 0. The lowest BCUT2D eigenvalue weighted by atomic mass is 9.98. The van der Waals surface area contributed by atoms with Crippen LogP contribution in [0.1, 0.15) is 70.0 Å². The Labute approximate surface area is 133 Å². The molecule has 0 aromatic carbocycles. The summed E-state index contributed by atoms with van der Waals surface area (Å²) in [6.45, 7) is 9.41. The van der Waals surface area contributed by atoms with E-state index in [1.165, 1.54) is 37.1 Å². The fourth-order valence-electron chi connectivity index (χ4n) is 2.63. The van der Waals surface area contributed by atoms with Crippen molar-refractivity contribution in [3.8, 4) is 0 Å². The largest absolute Gasteiger partial charge is 0.378 e. The molecule has 0 amide bonds. The Kier molecular flexibility index (Phi) is 6.65. The van der Waals surface area contributed by atoms with Gasteiger partial charge in [-0.15, -0.1) is 11.3 Å². The van der Waals surface area contributed by atoms with Crippen LogP contribution in [-0.2, 0) is 16.7 Å². The van der Waals surface area contributed by atoms with Gasteiger partial charge in [-0.1, -0.05) is 40.0 Å². The fraction of sp³-hybridized carbons (Fsp3) is 0.824. The molecule has 0 atom stereocenters. The van der Waals surface area contributed by atoms with Crippen molar-refractivity contribution < 1.29 is 4.74 Å². The number of hydrogen-bond donors (Lipinski definition) is 1. The Morgan fingerprint density at radius 1 is 1.29 bits per heavy atom. The van der Waals surface area contributed by atoms with Gasteiger partial charge in [-0.05, 0) is 25.8 Å². The normalized spacial score (nSPS) is 17.3. The summed E-state index contributed by atoms with van der Waals surface area (Å²) in [5.74, 6) is 0. The van der Waals surface area contributed by atoms with Gasteiger partial charge in [0.05, 0.1) is 16.8 Å². The van der Waals surface area contributed by atoms with Gasteiger partial charge in [0.2, 0.25) is 0 Å². The van der Waals surface area contributed by atoms with Crippen LogP contribution in [0.5, 0.6) is 0 Å². The first kappa shape index (κ1) is 16.9. The first-order chi connectivity index (χ1) is 10.1. The van der Waals surface area contributed by atoms with E-state index in [1.54, 1.807) is 11.3 Å². The third-order valence-corrected chi connectivity index (χ3v) is 5.22. The molecule has 1 fully saturated rings.